The molecule has 0 aromatic heterocycles. The molecule has 1 aromatic carbocycles. The summed E-state index contributed by atoms with van der Waals surface area (Å²) in [4.78, 5) is 1.81. The molecule has 152 valence electrons. The van der Waals surface area contributed by atoms with Crippen LogP contribution in [-0.4, -0.2) is 62.6 Å². The zero-order valence-electron chi connectivity index (χ0n) is 14.9. The molecule has 1 aromatic rings. The van der Waals surface area contributed by atoms with E-state index >= 15 is 0 Å². The van der Waals surface area contributed by atoms with Crippen molar-refractivity contribution in [2.45, 2.75) is 43.0 Å². The first-order valence-corrected chi connectivity index (χ1v) is 10.6. The molecule has 10 heteroatoms. The normalized spacial score (nSPS) is 24.3. The first kappa shape index (κ1) is 20.9. The SMILES string of the molecule is CC1CN(C2CCN(S(=O)(=O)c3cc(C(F)(F)F)ccc3Cl)CC2)CCO1. The van der Waals surface area contributed by atoms with Crippen LogP contribution in [0.3, 0.4) is 0 Å². The summed E-state index contributed by atoms with van der Waals surface area (Å²) >= 11 is 5.92. The van der Waals surface area contributed by atoms with E-state index in [1.165, 1.54) is 4.31 Å². The first-order chi connectivity index (χ1) is 12.6. The van der Waals surface area contributed by atoms with Crippen molar-refractivity contribution in [1.82, 2.24) is 9.21 Å². The molecule has 3 rings (SSSR count). The molecule has 1 atom stereocenters. The molecule has 0 bridgehead atoms. The van der Waals surface area contributed by atoms with Crippen LogP contribution in [0.1, 0.15) is 25.3 Å². The highest BCUT2D eigenvalue weighted by molar-refractivity contribution is 7.89. The molecule has 0 spiro atoms. The molecule has 2 fully saturated rings. The molecule has 0 N–H and O–H groups in total. The fourth-order valence-electron chi connectivity index (χ4n) is 3.64. The minimum Gasteiger partial charge on any atom is -0.376 e. The lowest BCUT2D eigenvalue weighted by Gasteiger charge is -2.41. The van der Waals surface area contributed by atoms with Crippen molar-refractivity contribution in [3.63, 3.8) is 0 Å². The summed E-state index contributed by atoms with van der Waals surface area (Å²) in [6.07, 6.45) is -3.23. The lowest BCUT2D eigenvalue weighted by molar-refractivity contribution is -0.137. The number of rotatable bonds is 3. The van der Waals surface area contributed by atoms with Crippen molar-refractivity contribution in [3.05, 3.63) is 28.8 Å². The summed E-state index contributed by atoms with van der Waals surface area (Å²) in [7, 11) is -4.08. The van der Waals surface area contributed by atoms with Crippen LogP contribution >= 0.6 is 11.6 Å². The third kappa shape index (κ3) is 4.59. The number of halogens is 4. The zero-order chi connectivity index (χ0) is 19.8. The fraction of sp³-hybridized carbons (Fsp3) is 0.647. The number of hydrogen-bond donors (Lipinski definition) is 0. The number of hydrogen-bond acceptors (Lipinski definition) is 4. The highest BCUT2D eigenvalue weighted by Gasteiger charge is 2.36. The van der Waals surface area contributed by atoms with Crippen LogP contribution in [0.5, 0.6) is 0 Å². The summed E-state index contributed by atoms with van der Waals surface area (Å²) in [5, 5.41) is -0.202. The number of ether oxygens (including phenoxy) is 1. The second kappa shape index (κ2) is 7.87. The van der Waals surface area contributed by atoms with Gasteiger partial charge in [-0.15, -0.1) is 0 Å². The predicted octanol–water partition coefficient (Wildman–Crippen LogP) is 3.23. The van der Waals surface area contributed by atoms with Gasteiger partial charge >= 0.3 is 6.18 Å². The maximum absolute atomic E-state index is 13.0. The van der Waals surface area contributed by atoms with Gasteiger partial charge in [0.2, 0.25) is 10.0 Å². The van der Waals surface area contributed by atoms with Crippen LogP contribution in [0.4, 0.5) is 13.2 Å². The van der Waals surface area contributed by atoms with Gasteiger partial charge in [-0.1, -0.05) is 11.6 Å². The lowest BCUT2D eigenvalue weighted by Crippen LogP contribution is -2.51. The Morgan fingerprint density at radius 3 is 2.44 bits per heavy atom. The first-order valence-electron chi connectivity index (χ1n) is 8.81. The molecule has 2 saturated heterocycles. The van der Waals surface area contributed by atoms with Crippen LogP contribution in [0.2, 0.25) is 5.02 Å². The molecule has 27 heavy (non-hydrogen) atoms. The van der Waals surface area contributed by atoms with Crippen molar-refractivity contribution in [2.75, 3.05) is 32.8 Å². The smallest absolute Gasteiger partial charge is 0.376 e. The van der Waals surface area contributed by atoms with E-state index in [1.807, 2.05) is 6.92 Å². The van der Waals surface area contributed by atoms with E-state index in [2.05, 4.69) is 4.90 Å². The average molecular weight is 427 g/mol. The van der Waals surface area contributed by atoms with Gasteiger partial charge < -0.3 is 4.74 Å². The molecule has 0 radical (unpaired) electrons. The van der Waals surface area contributed by atoms with Crippen LogP contribution in [0.25, 0.3) is 0 Å². The van der Waals surface area contributed by atoms with Crippen molar-refractivity contribution in [2.24, 2.45) is 0 Å². The van der Waals surface area contributed by atoms with Gasteiger partial charge in [0.15, 0.2) is 0 Å². The third-order valence-electron chi connectivity index (χ3n) is 5.09. The third-order valence-corrected chi connectivity index (χ3v) is 7.47. The maximum Gasteiger partial charge on any atom is 0.416 e. The van der Waals surface area contributed by atoms with E-state index in [1.54, 1.807) is 0 Å². The van der Waals surface area contributed by atoms with Gasteiger partial charge in [-0.2, -0.15) is 17.5 Å². The monoisotopic (exact) mass is 426 g/mol. The van der Waals surface area contributed by atoms with Crippen LogP contribution in [-0.2, 0) is 20.9 Å². The molecule has 0 aliphatic carbocycles. The van der Waals surface area contributed by atoms with E-state index in [0.29, 0.717) is 25.5 Å². The molecule has 2 aliphatic heterocycles. The Morgan fingerprint density at radius 2 is 1.85 bits per heavy atom. The molecule has 2 aliphatic rings. The second-order valence-electron chi connectivity index (χ2n) is 6.95. The largest absolute Gasteiger partial charge is 0.416 e. The number of piperidine rings is 1. The Balaban J connectivity index is 1.74. The maximum atomic E-state index is 13.0. The molecular formula is C17H22ClF3N2O3S. The Kier molecular flexibility index (Phi) is 6.08. The van der Waals surface area contributed by atoms with Crippen LogP contribution in [0.15, 0.2) is 23.1 Å². The highest BCUT2D eigenvalue weighted by Crippen LogP contribution is 2.35. The van der Waals surface area contributed by atoms with Crippen molar-refractivity contribution in [3.8, 4) is 0 Å². The lowest BCUT2D eigenvalue weighted by atomic mass is 10.0. The Bertz CT molecular complexity index is 780. The van der Waals surface area contributed by atoms with E-state index in [-0.39, 0.29) is 30.3 Å². The summed E-state index contributed by atoms with van der Waals surface area (Å²) in [5.41, 5.74) is -1.03. The van der Waals surface area contributed by atoms with Gasteiger partial charge in [-0.3, -0.25) is 4.90 Å². The summed E-state index contributed by atoms with van der Waals surface area (Å²) < 4.78 is 71.3. The minimum absolute atomic E-state index is 0.143. The van der Waals surface area contributed by atoms with Crippen LogP contribution < -0.4 is 0 Å². The van der Waals surface area contributed by atoms with Crippen molar-refractivity contribution in [1.29, 1.82) is 0 Å². The molecule has 0 saturated carbocycles. The topological polar surface area (TPSA) is 49.9 Å². The zero-order valence-corrected chi connectivity index (χ0v) is 16.4. The van der Waals surface area contributed by atoms with E-state index in [4.69, 9.17) is 16.3 Å². The molecule has 5 nitrogen and oxygen atoms in total. The van der Waals surface area contributed by atoms with Crippen LogP contribution in [0, 0.1) is 0 Å². The molecule has 1 unspecified atom stereocenters. The number of alkyl halides is 3. The molecule has 2 heterocycles. The van der Waals surface area contributed by atoms with Crippen molar-refractivity contribution < 1.29 is 26.3 Å². The predicted molar refractivity (Wildman–Crippen MR) is 95.2 cm³/mol. The van der Waals surface area contributed by atoms with Gasteiger partial charge in [-0.25, -0.2) is 8.42 Å². The van der Waals surface area contributed by atoms with E-state index < -0.39 is 26.7 Å². The molecule has 0 amide bonds. The summed E-state index contributed by atoms with van der Waals surface area (Å²) in [6, 6.07) is 2.64. The van der Waals surface area contributed by atoms with Gasteiger partial charge in [0, 0.05) is 32.2 Å². The average Bonchev–Trinajstić information content (AvgIpc) is 2.61. The van der Waals surface area contributed by atoms with E-state index in [0.717, 1.165) is 25.2 Å². The fourth-order valence-corrected chi connectivity index (χ4v) is 5.61. The Morgan fingerprint density at radius 1 is 1.19 bits per heavy atom. The second-order valence-corrected chi connectivity index (χ2v) is 9.27. The number of sulfonamides is 1. The highest BCUT2D eigenvalue weighted by atomic mass is 35.5. The summed E-state index contributed by atoms with van der Waals surface area (Å²) in [5.74, 6) is 0. The van der Waals surface area contributed by atoms with E-state index in [9.17, 15) is 21.6 Å². The standard InChI is InChI=1S/C17H22ClF3N2O3S/c1-12-11-22(8-9-26-12)14-4-6-23(7-5-14)27(24,25)16-10-13(17(19,20)21)2-3-15(16)18/h2-3,10,12,14H,4-9,11H2,1H3. The number of nitrogens with zero attached hydrogens (tertiary/aromatic N) is 2. The molecular weight excluding hydrogens is 405 g/mol. The Labute approximate surface area is 162 Å². The quantitative estimate of drug-likeness (QED) is 0.744. The van der Waals surface area contributed by atoms with Gasteiger partial charge in [0.1, 0.15) is 4.90 Å². The van der Waals surface area contributed by atoms with Crippen molar-refractivity contribution >= 4 is 21.6 Å². The number of morpholine rings is 1. The minimum atomic E-state index is -4.63. The number of benzene rings is 1. The summed E-state index contributed by atoms with van der Waals surface area (Å²) in [6.45, 7) is 4.77. The van der Waals surface area contributed by atoms with Gasteiger partial charge in [0.25, 0.3) is 0 Å². The van der Waals surface area contributed by atoms with Gasteiger partial charge in [-0.05, 0) is 38.0 Å². The van der Waals surface area contributed by atoms with Gasteiger partial charge in [0.05, 0.1) is 23.3 Å². The Hall–Kier alpha value is -0.870.